The van der Waals surface area contributed by atoms with Crippen LogP contribution in [-0.2, 0) is 16.1 Å². The van der Waals surface area contributed by atoms with Gasteiger partial charge in [-0.25, -0.2) is 4.99 Å². The summed E-state index contributed by atoms with van der Waals surface area (Å²) in [6, 6.07) is 23.8. The largest absolute Gasteiger partial charge is 0.492 e. The number of ether oxygens (including phenoxy) is 2. The van der Waals surface area contributed by atoms with Gasteiger partial charge in [0.05, 0.1) is 59.9 Å². The monoisotopic (exact) mass is 640 g/mol. The van der Waals surface area contributed by atoms with E-state index in [1.807, 2.05) is 56.4 Å². The number of rotatable bonds is 9. The summed E-state index contributed by atoms with van der Waals surface area (Å²) in [4.78, 5) is 27.2. The molecule has 0 atom stereocenters. The van der Waals surface area contributed by atoms with Crippen LogP contribution in [0.5, 0.6) is 5.75 Å². The summed E-state index contributed by atoms with van der Waals surface area (Å²) < 4.78 is 11.6. The summed E-state index contributed by atoms with van der Waals surface area (Å²) in [7, 11) is 2.04. The number of aliphatic imine (C=N–C) groups is 1. The number of amides is 1. The van der Waals surface area contributed by atoms with Crippen LogP contribution in [0.2, 0.25) is 0 Å². The molecule has 1 amide bonds. The quantitative estimate of drug-likeness (QED) is 0.291. The maximum Gasteiger partial charge on any atom is 0.233 e. The number of thioether (sulfide) groups is 2. The molecule has 2 saturated heterocycles. The van der Waals surface area contributed by atoms with Crippen LogP contribution in [0.4, 0.5) is 17.1 Å². The number of carbonyl (C=O) groups is 1. The van der Waals surface area contributed by atoms with Crippen LogP contribution >= 0.6 is 23.5 Å². The molecule has 45 heavy (non-hydrogen) atoms. The van der Waals surface area contributed by atoms with Crippen molar-refractivity contribution in [2.45, 2.75) is 24.8 Å². The predicted molar refractivity (Wildman–Crippen MR) is 182 cm³/mol. The highest BCUT2D eigenvalue weighted by Gasteiger charge is 2.34. The molecule has 9 nitrogen and oxygen atoms in total. The molecule has 3 aromatic carbocycles. The van der Waals surface area contributed by atoms with Crippen LogP contribution in [0.25, 0.3) is 0 Å². The number of fused-ring (bicyclic) bond motifs is 1. The molecular weight excluding hydrogens is 605 g/mol. The smallest absolute Gasteiger partial charge is 0.233 e. The zero-order valence-corrected chi connectivity index (χ0v) is 27.1. The third kappa shape index (κ3) is 7.31. The molecule has 6 rings (SSSR count). The van der Waals surface area contributed by atoms with E-state index < -0.39 is 0 Å². The first-order valence-corrected chi connectivity index (χ1v) is 16.8. The zero-order valence-electron chi connectivity index (χ0n) is 25.5. The van der Waals surface area contributed by atoms with Gasteiger partial charge in [0.25, 0.3) is 0 Å². The van der Waals surface area contributed by atoms with Gasteiger partial charge >= 0.3 is 0 Å². The summed E-state index contributed by atoms with van der Waals surface area (Å²) in [6.07, 6.45) is 0.276. The fourth-order valence-electron chi connectivity index (χ4n) is 5.38. The summed E-state index contributed by atoms with van der Waals surface area (Å²) in [5, 5.41) is 14.5. The SMILES string of the molecule is CCNc1ccc(C#N)cc1N=C1S/C(=C2\Sc3ccc(OCCN4CCOCC4)cc3N2C)CC(=O)N1Cc1ccccc1. The molecule has 0 aliphatic carbocycles. The van der Waals surface area contributed by atoms with Gasteiger partial charge in [0.2, 0.25) is 5.91 Å². The second kappa shape index (κ2) is 14.4. The first kappa shape index (κ1) is 31.0. The fraction of sp³-hybridized carbons (Fsp3) is 0.324. The number of nitriles is 1. The highest BCUT2D eigenvalue weighted by atomic mass is 32.2. The minimum atomic E-state index is -0.0163. The molecule has 0 radical (unpaired) electrons. The van der Waals surface area contributed by atoms with E-state index in [1.165, 1.54) is 11.8 Å². The van der Waals surface area contributed by atoms with Crippen molar-refractivity contribution < 1.29 is 14.3 Å². The number of anilines is 2. The van der Waals surface area contributed by atoms with E-state index in [2.05, 4.69) is 33.3 Å². The Morgan fingerprint density at radius 2 is 1.89 bits per heavy atom. The maximum absolute atomic E-state index is 13.9. The van der Waals surface area contributed by atoms with Crippen LogP contribution in [-0.4, -0.2) is 73.9 Å². The van der Waals surface area contributed by atoms with Gasteiger partial charge in [-0.05, 0) is 42.8 Å². The number of amidine groups is 1. The Balaban J connectivity index is 1.28. The average molecular weight is 641 g/mol. The molecule has 0 saturated carbocycles. The lowest BCUT2D eigenvalue weighted by molar-refractivity contribution is -0.127. The maximum atomic E-state index is 13.9. The van der Waals surface area contributed by atoms with E-state index in [-0.39, 0.29) is 12.3 Å². The molecule has 0 aromatic heterocycles. The molecule has 3 aliphatic rings. The first-order chi connectivity index (χ1) is 22.0. The molecule has 3 heterocycles. The van der Waals surface area contributed by atoms with Crippen molar-refractivity contribution in [1.82, 2.24) is 9.80 Å². The third-order valence-electron chi connectivity index (χ3n) is 7.77. The average Bonchev–Trinajstić information content (AvgIpc) is 3.40. The Kier molecular flexibility index (Phi) is 9.96. The molecule has 0 bridgehead atoms. The summed E-state index contributed by atoms with van der Waals surface area (Å²) in [6.45, 7) is 8.05. The lowest BCUT2D eigenvalue weighted by Crippen LogP contribution is -2.38. The van der Waals surface area contributed by atoms with Crippen LogP contribution < -0.4 is 15.0 Å². The number of nitrogens with one attached hydrogen (secondary N) is 1. The molecule has 3 aliphatic heterocycles. The number of hydrogen-bond acceptors (Lipinski definition) is 10. The fourth-order valence-corrected chi connectivity index (χ4v) is 7.76. The number of nitrogens with zero attached hydrogens (tertiary/aromatic N) is 5. The normalized spacial score (nSPS) is 19.5. The highest BCUT2D eigenvalue weighted by molar-refractivity contribution is 8.18. The Hall–Kier alpha value is -3.95. The molecular formula is C34H36N6O3S2. The first-order valence-electron chi connectivity index (χ1n) is 15.1. The van der Waals surface area contributed by atoms with Gasteiger partial charge in [0.15, 0.2) is 5.17 Å². The van der Waals surface area contributed by atoms with Crippen molar-refractivity contribution >= 4 is 51.7 Å². The molecule has 1 N–H and O–H groups in total. The summed E-state index contributed by atoms with van der Waals surface area (Å²) >= 11 is 3.18. The topological polar surface area (TPSA) is 93.4 Å². The standard InChI is InChI=1S/C34H36N6O3S2/c1-3-36-27-11-9-25(22-35)19-28(27)37-34-40(23-24-7-5-4-6-8-24)32(41)21-31(45-34)33-38(2)29-20-26(10-12-30(29)44-33)43-18-15-39-13-16-42-17-14-39/h4-12,19-20,36H,3,13-18,21,23H2,1-2H3/b33-31-,37-34?. The van der Waals surface area contributed by atoms with Gasteiger partial charge in [0, 0.05) is 49.1 Å². The number of benzene rings is 3. The Morgan fingerprint density at radius 1 is 1.07 bits per heavy atom. The Morgan fingerprint density at radius 3 is 2.67 bits per heavy atom. The van der Waals surface area contributed by atoms with Crippen LogP contribution in [0.1, 0.15) is 24.5 Å². The van der Waals surface area contributed by atoms with E-state index in [0.29, 0.717) is 36.1 Å². The van der Waals surface area contributed by atoms with Crippen molar-refractivity contribution in [3.63, 3.8) is 0 Å². The Labute approximate surface area is 272 Å². The van der Waals surface area contributed by atoms with E-state index in [9.17, 15) is 10.1 Å². The van der Waals surface area contributed by atoms with Crippen LogP contribution in [0, 0.1) is 11.3 Å². The van der Waals surface area contributed by atoms with Gasteiger partial charge in [-0.3, -0.25) is 14.6 Å². The van der Waals surface area contributed by atoms with E-state index in [0.717, 1.165) is 70.4 Å². The zero-order chi connectivity index (χ0) is 31.2. The number of morpholine rings is 1. The molecule has 232 valence electrons. The number of carbonyl (C=O) groups excluding carboxylic acids is 1. The predicted octanol–water partition coefficient (Wildman–Crippen LogP) is 6.27. The molecule has 2 fully saturated rings. The van der Waals surface area contributed by atoms with Gasteiger partial charge in [-0.1, -0.05) is 53.9 Å². The summed E-state index contributed by atoms with van der Waals surface area (Å²) in [5.74, 6) is 0.815. The van der Waals surface area contributed by atoms with Crippen molar-refractivity contribution in [1.29, 1.82) is 5.26 Å². The van der Waals surface area contributed by atoms with Crippen LogP contribution in [0.3, 0.4) is 0 Å². The van der Waals surface area contributed by atoms with Gasteiger partial charge in [-0.2, -0.15) is 5.26 Å². The Bertz CT molecular complexity index is 1650. The molecule has 3 aromatic rings. The lowest BCUT2D eigenvalue weighted by atomic mass is 10.2. The molecule has 11 heteroatoms. The van der Waals surface area contributed by atoms with Gasteiger partial charge < -0.3 is 19.7 Å². The van der Waals surface area contributed by atoms with Gasteiger partial charge in [-0.15, -0.1) is 0 Å². The summed E-state index contributed by atoms with van der Waals surface area (Å²) in [5.41, 5.74) is 4.04. The van der Waals surface area contributed by atoms with E-state index in [4.69, 9.17) is 14.5 Å². The van der Waals surface area contributed by atoms with Crippen molar-refractivity contribution in [3.8, 4) is 11.8 Å². The minimum absolute atomic E-state index is 0.0163. The second-order valence-electron chi connectivity index (χ2n) is 10.8. The molecule has 0 unspecified atom stereocenters. The second-order valence-corrected chi connectivity index (χ2v) is 12.9. The van der Waals surface area contributed by atoms with Crippen molar-refractivity contribution in [3.05, 3.63) is 87.8 Å². The van der Waals surface area contributed by atoms with E-state index >= 15 is 0 Å². The van der Waals surface area contributed by atoms with E-state index in [1.54, 1.807) is 28.8 Å². The van der Waals surface area contributed by atoms with Gasteiger partial charge in [0.1, 0.15) is 12.4 Å². The van der Waals surface area contributed by atoms with Crippen molar-refractivity contribution in [2.75, 3.05) is 63.3 Å². The lowest BCUT2D eigenvalue weighted by Gasteiger charge is -2.31. The number of hydrogen-bond donors (Lipinski definition) is 1. The highest BCUT2D eigenvalue weighted by Crippen LogP contribution is 2.51. The van der Waals surface area contributed by atoms with Crippen molar-refractivity contribution in [2.24, 2.45) is 4.99 Å². The van der Waals surface area contributed by atoms with Crippen LogP contribution in [0.15, 0.2) is 86.6 Å². The molecule has 0 spiro atoms. The third-order valence-corrected chi connectivity index (χ3v) is 10.3. The minimum Gasteiger partial charge on any atom is -0.492 e.